The third kappa shape index (κ3) is 4.13. The van der Waals surface area contributed by atoms with Gasteiger partial charge in [0.15, 0.2) is 5.11 Å². The lowest BCUT2D eigenvalue weighted by atomic mass is 9.95. The maximum absolute atomic E-state index is 12.3. The molecule has 1 heterocycles. The van der Waals surface area contributed by atoms with E-state index in [2.05, 4.69) is 26.6 Å². The van der Waals surface area contributed by atoms with Gasteiger partial charge >= 0.3 is 5.97 Å². The van der Waals surface area contributed by atoms with Gasteiger partial charge in [-0.15, -0.1) is 11.3 Å². The van der Waals surface area contributed by atoms with E-state index in [4.69, 9.17) is 17.0 Å². The summed E-state index contributed by atoms with van der Waals surface area (Å²) in [5.74, 6) is -0.697. The molecule has 1 aliphatic rings. The second-order valence-electron chi connectivity index (χ2n) is 5.83. The molecule has 0 atom stereocenters. The van der Waals surface area contributed by atoms with E-state index in [1.807, 2.05) is 6.07 Å². The Hall–Kier alpha value is -1.77. The Morgan fingerprint density at radius 2 is 2.04 bits per heavy atom. The molecule has 2 N–H and O–H groups in total. The van der Waals surface area contributed by atoms with E-state index >= 15 is 0 Å². The van der Waals surface area contributed by atoms with Crippen LogP contribution in [0.25, 0.3) is 0 Å². The summed E-state index contributed by atoms with van der Waals surface area (Å²) in [6.45, 7) is 0. The molecule has 1 aliphatic carbocycles. The number of aryl methyl sites for hydroxylation is 1. The molecule has 5 nitrogen and oxygen atoms in total. The highest BCUT2D eigenvalue weighted by atomic mass is 79.9. The lowest BCUT2D eigenvalue weighted by Crippen LogP contribution is -2.34. The van der Waals surface area contributed by atoms with Crippen LogP contribution in [0, 0.1) is 0 Å². The maximum atomic E-state index is 12.3. The number of carbonyl (C=O) groups excluding carboxylic acids is 2. The number of halogens is 1. The van der Waals surface area contributed by atoms with E-state index in [-0.39, 0.29) is 17.0 Å². The van der Waals surface area contributed by atoms with Gasteiger partial charge in [0, 0.05) is 14.9 Å². The summed E-state index contributed by atoms with van der Waals surface area (Å²) in [7, 11) is 1.37. The number of ether oxygens (including phenoxy) is 1. The Kier molecular flexibility index (Phi) is 6.05. The molecular weight excluding hydrogens is 436 g/mol. The van der Waals surface area contributed by atoms with E-state index in [9.17, 15) is 9.59 Å². The van der Waals surface area contributed by atoms with Crippen molar-refractivity contribution in [2.24, 2.45) is 0 Å². The first-order chi connectivity index (χ1) is 12.5. The molecule has 8 heteroatoms. The van der Waals surface area contributed by atoms with Gasteiger partial charge in [0.2, 0.25) is 0 Å². The van der Waals surface area contributed by atoms with Crippen LogP contribution in [-0.2, 0) is 17.6 Å². The maximum Gasteiger partial charge on any atom is 0.341 e. The largest absolute Gasteiger partial charge is 0.465 e. The lowest BCUT2D eigenvalue weighted by Gasteiger charge is -2.12. The highest BCUT2D eigenvalue weighted by molar-refractivity contribution is 9.10. The van der Waals surface area contributed by atoms with Crippen molar-refractivity contribution in [3.05, 3.63) is 50.3 Å². The van der Waals surface area contributed by atoms with E-state index in [0.29, 0.717) is 16.1 Å². The highest BCUT2D eigenvalue weighted by Crippen LogP contribution is 2.38. The number of hydrogen-bond donors (Lipinski definition) is 2. The molecule has 1 amide bonds. The number of hydrogen-bond acceptors (Lipinski definition) is 5. The van der Waals surface area contributed by atoms with Gasteiger partial charge in [-0.25, -0.2) is 4.79 Å². The van der Waals surface area contributed by atoms with Crippen molar-refractivity contribution in [3.8, 4) is 0 Å². The average molecular weight is 453 g/mol. The first-order valence-electron chi connectivity index (χ1n) is 8.10. The second-order valence-corrected chi connectivity index (χ2v) is 8.25. The van der Waals surface area contributed by atoms with Crippen LogP contribution in [0.1, 0.15) is 44.0 Å². The van der Waals surface area contributed by atoms with Gasteiger partial charge in [-0.1, -0.05) is 22.0 Å². The SMILES string of the molecule is COC(=O)c1c(NC(=S)NC(=O)c2cccc(Br)c2)sc2c1CCCC2. The number of thiophene rings is 1. The molecule has 0 aliphatic heterocycles. The van der Waals surface area contributed by atoms with Gasteiger partial charge < -0.3 is 10.1 Å². The van der Waals surface area contributed by atoms with Crippen molar-refractivity contribution in [2.75, 3.05) is 12.4 Å². The molecule has 136 valence electrons. The smallest absolute Gasteiger partial charge is 0.341 e. The highest BCUT2D eigenvalue weighted by Gasteiger charge is 2.26. The standard InChI is InChI=1S/C18H17BrN2O3S2/c1-24-17(23)14-12-7-2-3-8-13(12)26-16(14)21-18(25)20-15(22)10-5-4-6-11(19)9-10/h4-6,9H,2-3,7-8H2,1H3,(H2,20,21,22,25). The molecule has 0 unspecified atom stereocenters. The number of esters is 1. The van der Waals surface area contributed by atoms with Crippen molar-refractivity contribution < 1.29 is 14.3 Å². The van der Waals surface area contributed by atoms with Crippen molar-refractivity contribution in [2.45, 2.75) is 25.7 Å². The number of nitrogens with one attached hydrogen (secondary N) is 2. The molecule has 0 fully saturated rings. The lowest BCUT2D eigenvalue weighted by molar-refractivity contribution is 0.0601. The zero-order valence-corrected chi connectivity index (χ0v) is 17.3. The number of anilines is 1. The van der Waals surface area contributed by atoms with Crippen LogP contribution >= 0.6 is 39.5 Å². The summed E-state index contributed by atoms with van der Waals surface area (Å²) in [6.07, 6.45) is 3.97. The normalized spacial score (nSPS) is 12.8. The topological polar surface area (TPSA) is 67.4 Å². The van der Waals surface area contributed by atoms with Gasteiger partial charge in [-0.2, -0.15) is 0 Å². The number of amides is 1. The molecule has 1 aromatic heterocycles. The average Bonchev–Trinajstić information content (AvgIpc) is 2.98. The molecule has 26 heavy (non-hydrogen) atoms. The van der Waals surface area contributed by atoms with Crippen LogP contribution in [-0.4, -0.2) is 24.1 Å². The zero-order valence-electron chi connectivity index (χ0n) is 14.1. The van der Waals surface area contributed by atoms with Gasteiger partial charge in [-0.05, 0) is 61.7 Å². The molecule has 1 aromatic carbocycles. The Balaban J connectivity index is 1.78. The molecular formula is C18H17BrN2O3S2. The molecule has 0 spiro atoms. The van der Waals surface area contributed by atoms with Gasteiger partial charge in [0.05, 0.1) is 12.7 Å². The summed E-state index contributed by atoms with van der Waals surface area (Å²) < 4.78 is 5.75. The molecule has 0 saturated carbocycles. The predicted molar refractivity (Wildman–Crippen MR) is 110 cm³/mol. The quantitative estimate of drug-likeness (QED) is 0.536. The van der Waals surface area contributed by atoms with E-state index < -0.39 is 0 Å². The third-order valence-corrected chi connectivity index (χ3v) is 6.01. The van der Waals surface area contributed by atoms with Gasteiger partial charge in [0.1, 0.15) is 5.00 Å². The van der Waals surface area contributed by atoms with Crippen LogP contribution in [0.2, 0.25) is 0 Å². The Morgan fingerprint density at radius 3 is 2.77 bits per heavy atom. The van der Waals surface area contributed by atoms with Crippen molar-refractivity contribution in [3.63, 3.8) is 0 Å². The van der Waals surface area contributed by atoms with Crippen LogP contribution in [0.4, 0.5) is 5.00 Å². The minimum atomic E-state index is -0.381. The van der Waals surface area contributed by atoms with Crippen molar-refractivity contribution in [1.82, 2.24) is 5.32 Å². The second kappa shape index (κ2) is 8.28. The van der Waals surface area contributed by atoms with E-state index in [0.717, 1.165) is 35.7 Å². The summed E-state index contributed by atoms with van der Waals surface area (Å²) >= 11 is 10.1. The third-order valence-electron chi connectivity index (χ3n) is 4.10. The number of methoxy groups -OCH3 is 1. The number of carbonyl (C=O) groups is 2. The van der Waals surface area contributed by atoms with Crippen LogP contribution in [0.15, 0.2) is 28.7 Å². The summed E-state index contributed by atoms with van der Waals surface area (Å²) in [4.78, 5) is 25.7. The summed E-state index contributed by atoms with van der Waals surface area (Å²) in [5.41, 5.74) is 2.06. The van der Waals surface area contributed by atoms with Crippen molar-refractivity contribution >= 4 is 61.5 Å². The predicted octanol–water partition coefficient (Wildman–Crippen LogP) is 4.30. The molecule has 3 rings (SSSR count). The van der Waals surface area contributed by atoms with Crippen molar-refractivity contribution in [1.29, 1.82) is 0 Å². The number of thiocarbonyl (C=S) groups is 1. The number of benzene rings is 1. The van der Waals surface area contributed by atoms with Crippen LogP contribution < -0.4 is 10.6 Å². The zero-order chi connectivity index (χ0) is 18.7. The van der Waals surface area contributed by atoms with Gasteiger partial charge in [0.25, 0.3) is 5.91 Å². The fourth-order valence-corrected chi connectivity index (χ4v) is 4.85. The number of fused-ring (bicyclic) bond motifs is 1. The number of rotatable bonds is 3. The minimum absolute atomic E-state index is 0.152. The monoisotopic (exact) mass is 452 g/mol. The first-order valence-corrected chi connectivity index (χ1v) is 10.1. The fraction of sp³-hybridized carbons (Fsp3) is 0.278. The van der Waals surface area contributed by atoms with E-state index in [1.165, 1.54) is 23.3 Å². The van der Waals surface area contributed by atoms with Gasteiger partial charge in [-0.3, -0.25) is 10.1 Å². The Labute approximate surface area is 169 Å². The van der Waals surface area contributed by atoms with Crippen LogP contribution in [0.5, 0.6) is 0 Å². The Morgan fingerprint density at radius 1 is 1.27 bits per heavy atom. The Bertz CT molecular complexity index is 879. The summed E-state index contributed by atoms with van der Waals surface area (Å²) in [6, 6.07) is 7.03. The molecule has 0 saturated heterocycles. The summed E-state index contributed by atoms with van der Waals surface area (Å²) in [5, 5.41) is 6.43. The fourth-order valence-electron chi connectivity index (χ4n) is 2.91. The first kappa shape index (κ1) is 19.0. The van der Waals surface area contributed by atoms with E-state index in [1.54, 1.807) is 18.2 Å². The minimum Gasteiger partial charge on any atom is -0.465 e. The molecule has 2 aromatic rings. The molecule has 0 bridgehead atoms. The van der Waals surface area contributed by atoms with Crippen LogP contribution in [0.3, 0.4) is 0 Å². The molecule has 0 radical (unpaired) electrons.